The van der Waals surface area contributed by atoms with E-state index in [0.29, 0.717) is 4.47 Å². The molecule has 19 heavy (non-hydrogen) atoms. The van der Waals surface area contributed by atoms with Gasteiger partial charge in [0.15, 0.2) is 0 Å². The van der Waals surface area contributed by atoms with Crippen molar-refractivity contribution in [1.29, 1.82) is 0 Å². The van der Waals surface area contributed by atoms with E-state index in [-0.39, 0.29) is 26.2 Å². The first-order valence-corrected chi connectivity index (χ1v) is 8.61. The average Bonchev–Trinajstić information content (AvgIpc) is 2.35. The first-order chi connectivity index (χ1) is 8.88. The molecule has 0 aliphatic heterocycles. The summed E-state index contributed by atoms with van der Waals surface area (Å²) in [6, 6.07) is 13.9. The van der Waals surface area contributed by atoms with E-state index in [1.54, 1.807) is 6.07 Å². The van der Waals surface area contributed by atoms with Crippen LogP contribution in [0.5, 0.6) is 0 Å². The minimum absolute atomic E-state index is 0.122. The Balaban J connectivity index is 2.23. The molecule has 0 fully saturated rings. The summed E-state index contributed by atoms with van der Waals surface area (Å²) in [5, 5.41) is 0. The average molecular weight is 386 g/mol. The molecule has 0 saturated heterocycles. The Morgan fingerprint density at radius 3 is 2.21 bits per heavy atom. The van der Waals surface area contributed by atoms with E-state index in [9.17, 15) is 4.39 Å². The van der Waals surface area contributed by atoms with Crippen LogP contribution in [-0.4, -0.2) is 15.0 Å². The quantitative estimate of drug-likeness (QED) is 0.693. The normalized spacial score (nSPS) is 11.6. The van der Waals surface area contributed by atoms with Crippen molar-refractivity contribution in [3.8, 4) is 0 Å². The maximum atomic E-state index is 13.5. The van der Waals surface area contributed by atoms with Crippen molar-refractivity contribution in [3.05, 3.63) is 58.3 Å². The molecule has 0 spiro atoms. The van der Waals surface area contributed by atoms with Crippen molar-refractivity contribution in [1.82, 2.24) is 0 Å². The summed E-state index contributed by atoms with van der Waals surface area (Å²) in [5.74, 6) is -0.189. The third-order valence-electron chi connectivity index (χ3n) is 2.86. The van der Waals surface area contributed by atoms with Gasteiger partial charge in [-0.15, -0.1) is 0 Å². The summed E-state index contributed by atoms with van der Waals surface area (Å²) in [5.41, 5.74) is 1.50. The molecular formula is C16H16BrFSe. The van der Waals surface area contributed by atoms with Gasteiger partial charge in [0.1, 0.15) is 0 Å². The Kier molecular flexibility index (Phi) is 4.50. The molecule has 100 valence electrons. The third-order valence-corrected chi connectivity index (χ3v) is 6.50. The Labute approximate surface area is 128 Å². The van der Waals surface area contributed by atoms with Crippen molar-refractivity contribution in [2.75, 3.05) is 0 Å². The Morgan fingerprint density at radius 2 is 1.63 bits per heavy atom. The Bertz CT molecular complexity index is 570. The molecule has 0 aliphatic rings. The number of rotatable bonds is 2. The zero-order chi connectivity index (χ0) is 14.0. The molecule has 0 amide bonds. The molecule has 0 saturated carbocycles. The second kappa shape index (κ2) is 5.78. The van der Waals surface area contributed by atoms with Crippen LogP contribution in [-0.2, 0) is 5.41 Å². The number of hydrogen-bond donors (Lipinski definition) is 0. The van der Waals surface area contributed by atoms with Crippen LogP contribution in [0.1, 0.15) is 26.3 Å². The molecule has 2 aromatic carbocycles. The zero-order valence-corrected chi connectivity index (χ0v) is 14.5. The molecule has 0 N–H and O–H groups in total. The van der Waals surface area contributed by atoms with Crippen LogP contribution in [0, 0.1) is 5.82 Å². The SMILES string of the molecule is CC(C)(C)c1ccc([Se]c2cccc(F)c2Br)cc1. The molecule has 0 aromatic heterocycles. The second-order valence-electron chi connectivity index (χ2n) is 5.43. The molecular weight excluding hydrogens is 370 g/mol. The van der Waals surface area contributed by atoms with E-state index in [4.69, 9.17) is 0 Å². The van der Waals surface area contributed by atoms with Crippen LogP contribution >= 0.6 is 15.9 Å². The van der Waals surface area contributed by atoms with E-state index in [1.807, 2.05) is 6.07 Å². The van der Waals surface area contributed by atoms with E-state index < -0.39 is 0 Å². The van der Waals surface area contributed by atoms with Gasteiger partial charge in [0.25, 0.3) is 0 Å². The fourth-order valence-electron chi connectivity index (χ4n) is 1.71. The van der Waals surface area contributed by atoms with Gasteiger partial charge < -0.3 is 0 Å². The van der Waals surface area contributed by atoms with E-state index >= 15 is 0 Å². The van der Waals surface area contributed by atoms with Gasteiger partial charge in [0.05, 0.1) is 0 Å². The molecule has 0 aliphatic carbocycles. The van der Waals surface area contributed by atoms with Gasteiger partial charge in [-0.05, 0) is 0 Å². The fourth-order valence-corrected chi connectivity index (χ4v) is 4.20. The third kappa shape index (κ3) is 3.68. The van der Waals surface area contributed by atoms with Gasteiger partial charge in [-0.25, -0.2) is 0 Å². The molecule has 0 atom stereocenters. The monoisotopic (exact) mass is 386 g/mol. The molecule has 0 heterocycles. The van der Waals surface area contributed by atoms with Crippen molar-refractivity contribution in [2.45, 2.75) is 26.2 Å². The molecule has 2 rings (SSSR count). The maximum absolute atomic E-state index is 13.5. The molecule has 0 unspecified atom stereocenters. The van der Waals surface area contributed by atoms with E-state index in [2.05, 4.69) is 61.0 Å². The minimum atomic E-state index is -0.189. The summed E-state index contributed by atoms with van der Waals surface area (Å²) in [6.07, 6.45) is 0. The van der Waals surface area contributed by atoms with Crippen LogP contribution in [0.4, 0.5) is 4.39 Å². The standard InChI is InChI=1S/C16H16BrFSe/c1-16(2,3)11-7-9-12(10-8-11)19-14-6-4-5-13(18)15(14)17/h4-10H,1-3H3. The molecule has 0 bridgehead atoms. The first-order valence-electron chi connectivity index (χ1n) is 6.10. The van der Waals surface area contributed by atoms with Crippen LogP contribution in [0.3, 0.4) is 0 Å². The van der Waals surface area contributed by atoms with Gasteiger partial charge in [-0.3, -0.25) is 0 Å². The van der Waals surface area contributed by atoms with Gasteiger partial charge in [0.2, 0.25) is 0 Å². The number of halogens is 2. The fraction of sp³-hybridized carbons (Fsp3) is 0.250. The van der Waals surface area contributed by atoms with Crippen molar-refractivity contribution >= 4 is 39.8 Å². The number of benzene rings is 2. The molecule has 3 heteroatoms. The van der Waals surface area contributed by atoms with Gasteiger partial charge in [-0.2, -0.15) is 0 Å². The van der Waals surface area contributed by atoms with Crippen LogP contribution in [0.25, 0.3) is 0 Å². The van der Waals surface area contributed by atoms with Crippen LogP contribution in [0.2, 0.25) is 0 Å². The van der Waals surface area contributed by atoms with Gasteiger partial charge in [0, 0.05) is 0 Å². The van der Waals surface area contributed by atoms with Crippen molar-refractivity contribution < 1.29 is 4.39 Å². The van der Waals surface area contributed by atoms with Crippen molar-refractivity contribution in [3.63, 3.8) is 0 Å². The van der Waals surface area contributed by atoms with Crippen LogP contribution < -0.4 is 8.92 Å². The topological polar surface area (TPSA) is 0 Å². The summed E-state index contributed by atoms with van der Waals surface area (Å²) >= 11 is 3.45. The van der Waals surface area contributed by atoms with Crippen molar-refractivity contribution in [2.24, 2.45) is 0 Å². The van der Waals surface area contributed by atoms with Crippen LogP contribution in [0.15, 0.2) is 46.9 Å². The molecule has 0 radical (unpaired) electrons. The number of hydrogen-bond acceptors (Lipinski definition) is 0. The van der Waals surface area contributed by atoms with E-state index in [1.165, 1.54) is 16.1 Å². The zero-order valence-electron chi connectivity index (χ0n) is 11.2. The molecule has 0 nitrogen and oxygen atoms in total. The van der Waals surface area contributed by atoms with Gasteiger partial charge >= 0.3 is 129 Å². The summed E-state index contributed by atoms with van der Waals surface area (Å²) in [6.45, 7) is 6.61. The van der Waals surface area contributed by atoms with E-state index in [0.717, 1.165) is 4.46 Å². The Morgan fingerprint density at radius 1 is 1.00 bits per heavy atom. The summed E-state index contributed by atoms with van der Waals surface area (Å²) in [4.78, 5) is 0. The second-order valence-corrected chi connectivity index (χ2v) is 8.56. The predicted molar refractivity (Wildman–Crippen MR) is 84.3 cm³/mol. The summed E-state index contributed by atoms with van der Waals surface area (Å²) < 4.78 is 16.4. The summed E-state index contributed by atoms with van der Waals surface area (Å²) in [7, 11) is 0. The first kappa shape index (κ1) is 14.8. The molecule has 2 aromatic rings. The Hall–Kier alpha value is -0.631. The van der Waals surface area contributed by atoms with Gasteiger partial charge in [-0.1, -0.05) is 0 Å². The predicted octanol–water partition coefficient (Wildman–Crippen LogP) is 3.54.